The number of aromatic nitrogens is 1. The number of fused-ring (bicyclic) bond motifs is 6. The Morgan fingerprint density at radius 2 is 1.96 bits per heavy atom. The summed E-state index contributed by atoms with van der Waals surface area (Å²) in [4.78, 5) is 14.1. The molecule has 1 amide bonds. The number of amides is 1. The van der Waals surface area contributed by atoms with Gasteiger partial charge >= 0.3 is 0 Å². The van der Waals surface area contributed by atoms with Crippen molar-refractivity contribution in [3.8, 4) is 0 Å². The van der Waals surface area contributed by atoms with Crippen molar-refractivity contribution in [2.75, 3.05) is 13.1 Å². The maximum Gasteiger partial charge on any atom is 0.274 e. The van der Waals surface area contributed by atoms with Crippen molar-refractivity contribution in [1.82, 2.24) is 14.9 Å². The largest absolute Gasteiger partial charge is 0.339 e. The van der Waals surface area contributed by atoms with Crippen LogP contribution >= 0.6 is 0 Å². The zero-order valence-corrected chi connectivity index (χ0v) is 14.5. The molecule has 2 atom stereocenters. The average molecular weight is 347 g/mol. The standard InChI is InChI=1S/C21H21N3O2/c25-21(22-26)15-7-5-14(6-8-15)11-24-18-4-2-1-3-17(18)20-16-9-10-23(12-16)13-19(20)24/h1-8,16,26H,9-13H2,(H,22,25). The minimum atomic E-state index is -0.482. The van der Waals surface area contributed by atoms with Crippen LogP contribution in [0.15, 0.2) is 48.5 Å². The summed E-state index contributed by atoms with van der Waals surface area (Å²) in [6.07, 6.45) is 1.26. The van der Waals surface area contributed by atoms with Gasteiger partial charge in [-0.25, -0.2) is 5.48 Å². The van der Waals surface area contributed by atoms with Crippen LogP contribution in [0.25, 0.3) is 10.9 Å². The first-order valence-electron chi connectivity index (χ1n) is 9.10. The molecule has 0 aliphatic carbocycles. The monoisotopic (exact) mass is 347 g/mol. The number of hydroxylamine groups is 1. The number of nitrogens with one attached hydrogen (secondary N) is 1. The quantitative estimate of drug-likeness (QED) is 0.565. The highest BCUT2D eigenvalue weighted by Crippen LogP contribution is 2.42. The van der Waals surface area contributed by atoms with E-state index in [1.807, 2.05) is 12.1 Å². The van der Waals surface area contributed by atoms with Gasteiger partial charge in [0.15, 0.2) is 0 Å². The van der Waals surface area contributed by atoms with Crippen molar-refractivity contribution in [3.05, 3.63) is 70.9 Å². The van der Waals surface area contributed by atoms with Gasteiger partial charge < -0.3 is 4.57 Å². The van der Waals surface area contributed by atoms with Gasteiger partial charge in [-0.05, 0) is 42.3 Å². The van der Waals surface area contributed by atoms with E-state index in [9.17, 15) is 4.79 Å². The van der Waals surface area contributed by atoms with Crippen LogP contribution in [-0.2, 0) is 13.1 Å². The SMILES string of the molecule is O=C(NO)c1ccc(Cn2c3c(c4ccccc42)C2CCN(C3)C2)cc1. The van der Waals surface area contributed by atoms with Gasteiger partial charge in [-0.3, -0.25) is 14.9 Å². The summed E-state index contributed by atoms with van der Waals surface area (Å²) in [5.41, 5.74) is 7.57. The molecular weight excluding hydrogens is 326 g/mol. The summed E-state index contributed by atoms with van der Waals surface area (Å²) >= 11 is 0. The summed E-state index contributed by atoms with van der Waals surface area (Å²) in [6.45, 7) is 4.19. The zero-order chi connectivity index (χ0) is 17.7. The molecule has 5 nitrogen and oxygen atoms in total. The van der Waals surface area contributed by atoms with E-state index in [0.717, 1.165) is 18.7 Å². The number of rotatable bonds is 3. The fraction of sp³-hybridized carbons (Fsp3) is 0.286. The van der Waals surface area contributed by atoms with E-state index < -0.39 is 5.91 Å². The summed E-state index contributed by atoms with van der Waals surface area (Å²) in [6, 6.07) is 16.1. The molecule has 5 rings (SSSR count). The van der Waals surface area contributed by atoms with Crippen LogP contribution in [0.5, 0.6) is 0 Å². The van der Waals surface area contributed by atoms with Crippen molar-refractivity contribution in [3.63, 3.8) is 0 Å². The van der Waals surface area contributed by atoms with Crippen LogP contribution < -0.4 is 5.48 Å². The summed E-state index contributed by atoms with van der Waals surface area (Å²) in [7, 11) is 0. The van der Waals surface area contributed by atoms with Gasteiger partial charge in [0.05, 0.1) is 0 Å². The van der Waals surface area contributed by atoms with E-state index in [-0.39, 0.29) is 0 Å². The molecule has 3 heterocycles. The van der Waals surface area contributed by atoms with Gasteiger partial charge in [-0.1, -0.05) is 30.3 Å². The van der Waals surface area contributed by atoms with Crippen molar-refractivity contribution in [2.24, 2.45) is 0 Å². The number of nitrogens with zero attached hydrogens (tertiary/aromatic N) is 2. The normalized spacial score (nSPS) is 21.0. The van der Waals surface area contributed by atoms with Crippen LogP contribution in [0.2, 0.25) is 0 Å². The highest BCUT2D eigenvalue weighted by atomic mass is 16.5. The van der Waals surface area contributed by atoms with Gasteiger partial charge in [0.2, 0.25) is 0 Å². The molecule has 3 aromatic rings. The highest BCUT2D eigenvalue weighted by molar-refractivity contribution is 5.93. The molecule has 1 saturated heterocycles. The molecule has 26 heavy (non-hydrogen) atoms. The van der Waals surface area contributed by atoms with E-state index in [2.05, 4.69) is 33.7 Å². The molecule has 0 radical (unpaired) electrons. The molecule has 0 saturated carbocycles. The molecular formula is C21H21N3O2. The third-order valence-corrected chi connectivity index (χ3v) is 5.83. The minimum Gasteiger partial charge on any atom is -0.339 e. The number of carbonyl (C=O) groups is 1. The number of para-hydroxylation sites is 1. The lowest BCUT2D eigenvalue weighted by molar-refractivity contribution is 0.0706. The van der Waals surface area contributed by atoms with Crippen LogP contribution in [-0.4, -0.2) is 33.7 Å². The minimum absolute atomic E-state index is 0.458. The predicted molar refractivity (Wildman–Crippen MR) is 99.4 cm³/mol. The first-order valence-corrected chi connectivity index (χ1v) is 9.10. The average Bonchev–Trinajstić information content (AvgIpc) is 3.21. The third kappa shape index (κ3) is 2.35. The molecule has 2 N–H and O–H groups in total. The lowest BCUT2D eigenvalue weighted by Gasteiger charge is -2.25. The molecule has 2 aliphatic heterocycles. The summed E-state index contributed by atoms with van der Waals surface area (Å²) in [5, 5.41) is 10.2. The van der Waals surface area contributed by atoms with Gasteiger partial charge in [-0.2, -0.15) is 0 Å². The topological polar surface area (TPSA) is 57.5 Å². The Bertz CT molecular complexity index is 990. The van der Waals surface area contributed by atoms with E-state index in [0.29, 0.717) is 11.5 Å². The zero-order valence-electron chi connectivity index (χ0n) is 14.5. The van der Waals surface area contributed by atoms with Gasteiger partial charge in [0.1, 0.15) is 0 Å². The second-order valence-electron chi connectivity index (χ2n) is 7.32. The fourth-order valence-corrected chi connectivity index (χ4v) is 4.62. The Hall–Kier alpha value is -2.63. The second-order valence-corrected chi connectivity index (χ2v) is 7.32. The second kappa shape index (κ2) is 5.97. The number of carbonyl (C=O) groups excluding carboxylic acids is 1. The van der Waals surface area contributed by atoms with Gasteiger partial charge in [0, 0.05) is 47.7 Å². The lowest BCUT2D eigenvalue weighted by Crippen LogP contribution is -2.26. The maximum absolute atomic E-state index is 11.5. The number of hydrogen-bond acceptors (Lipinski definition) is 3. The molecule has 0 spiro atoms. The molecule has 1 aromatic heterocycles. The smallest absolute Gasteiger partial charge is 0.274 e. The fourth-order valence-electron chi connectivity index (χ4n) is 4.62. The van der Waals surface area contributed by atoms with Crippen LogP contribution in [0.1, 0.15) is 39.5 Å². The Morgan fingerprint density at radius 3 is 2.77 bits per heavy atom. The molecule has 2 aromatic carbocycles. The molecule has 2 aliphatic rings. The van der Waals surface area contributed by atoms with Crippen molar-refractivity contribution in [2.45, 2.75) is 25.4 Å². The van der Waals surface area contributed by atoms with Crippen molar-refractivity contribution < 1.29 is 10.0 Å². The summed E-state index contributed by atoms with van der Waals surface area (Å²) < 4.78 is 2.44. The van der Waals surface area contributed by atoms with Crippen molar-refractivity contribution in [1.29, 1.82) is 0 Å². The third-order valence-electron chi connectivity index (χ3n) is 5.83. The molecule has 2 bridgehead atoms. The van der Waals surface area contributed by atoms with E-state index in [1.165, 1.54) is 36.1 Å². The Morgan fingerprint density at radius 1 is 1.15 bits per heavy atom. The summed E-state index contributed by atoms with van der Waals surface area (Å²) in [5.74, 6) is 0.172. The van der Waals surface area contributed by atoms with Gasteiger partial charge in [-0.15, -0.1) is 0 Å². The molecule has 1 fully saturated rings. The van der Waals surface area contributed by atoms with Crippen LogP contribution in [0, 0.1) is 0 Å². The predicted octanol–water partition coefficient (Wildman–Crippen LogP) is 3.11. The lowest BCUT2D eigenvalue weighted by atomic mass is 9.93. The number of benzene rings is 2. The molecule has 2 unspecified atom stereocenters. The molecule has 132 valence electrons. The number of hydrogen-bond donors (Lipinski definition) is 2. The van der Waals surface area contributed by atoms with Gasteiger partial charge in [0.25, 0.3) is 5.91 Å². The van der Waals surface area contributed by atoms with E-state index >= 15 is 0 Å². The highest BCUT2D eigenvalue weighted by Gasteiger charge is 2.35. The first kappa shape index (κ1) is 15.6. The van der Waals surface area contributed by atoms with Crippen molar-refractivity contribution >= 4 is 16.8 Å². The van der Waals surface area contributed by atoms with Crippen LogP contribution in [0.4, 0.5) is 0 Å². The van der Waals surface area contributed by atoms with E-state index in [1.54, 1.807) is 23.2 Å². The molecule has 5 heteroatoms. The Kier molecular flexibility index (Phi) is 3.58. The van der Waals surface area contributed by atoms with Crippen LogP contribution in [0.3, 0.4) is 0 Å². The van der Waals surface area contributed by atoms with E-state index in [4.69, 9.17) is 5.21 Å². The Labute approximate surface area is 151 Å². The Balaban J connectivity index is 1.57. The first-order chi connectivity index (χ1) is 12.7. The maximum atomic E-state index is 11.5.